The number of benzene rings is 3. The Labute approximate surface area is 200 Å². The van der Waals surface area contributed by atoms with Gasteiger partial charge in [0, 0.05) is 0 Å². The van der Waals surface area contributed by atoms with Crippen LogP contribution in [-0.4, -0.2) is 31.3 Å². The predicted octanol–water partition coefficient (Wildman–Crippen LogP) is 1.90. The molecule has 36 heavy (non-hydrogen) atoms. The van der Waals surface area contributed by atoms with Crippen molar-refractivity contribution in [2.75, 3.05) is 0 Å². The van der Waals surface area contributed by atoms with Crippen molar-refractivity contribution in [3.8, 4) is 11.4 Å². The van der Waals surface area contributed by atoms with Crippen LogP contribution in [0.15, 0.2) is 67.7 Å². The smallest absolute Gasteiger partial charge is 0.337 e. The van der Waals surface area contributed by atoms with Crippen molar-refractivity contribution in [3.63, 3.8) is 0 Å². The van der Waals surface area contributed by atoms with Gasteiger partial charge in [-0.25, -0.2) is 18.7 Å². The number of carboxylic acid groups (broad SMARTS) is 2. The SMILES string of the molecule is Cc1ccc(-n2c(=O)c3cc4c(=O)n(-c5ccc(C)cc5C(=O)O)c(=O)c4cc3c2=O)c(C(=O)O)c1. The lowest BCUT2D eigenvalue weighted by Crippen LogP contribution is -2.26. The second kappa shape index (κ2) is 7.70. The summed E-state index contributed by atoms with van der Waals surface area (Å²) in [5.41, 5.74) is -2.93. The molecule has 0 bridgehead atoms. The third-order valence-corrected chi connectivity index (χ3v) is 6.14. The van der Waals surface area contributed by atoms with E-state index in [0.29, 0.717) is 20.3 Å². The third kappa shape index (κ3) is 3.12. The van der Waals surface area contributed by atoms with Gasteiger partial charge in [0.25, 0.3) is 22.2 Å². The Morgan fingerprint density at radius 2 is 0.861 bits per heavy atom. The molecule has 0 radical (unpaired) electrons. The molecule has 0 amide bonds. The number of aromatic nitrogens is 2. The number of rotatable bonds is 4. The van der Waals surface area contributed by atoms with Crippen LogP contribution in [0.2, 0.25) is 0 Å². The number of fused-ring (bicyclic) bond motifs is 2. The van der Waals surface area contributed by atoms with Gasteiger partial charge in [-0.05, 0) is 50.2 Å². The van der Waals surface area contributed by atoms with Crippen LogP contribution in [-0.2, 0) is 0 Å². The van der Waals surface area contributed by atoms with Gasteiger partial charge in [0.1, 0.15) is 0 Å². The molecule has 0 spiro atoms. The summed E-state index contributed by atoms with van der Waals surface area (Å²) in [5, 5.41) is 18.5. The zero-order valence-electron chi connectivity index (χ0n) is 18.9. The first kappa shape index (κ1) is 22.7. The van der Waals surface area contributed by atoms with Crippen LogP contribution in [0.25, 0.3) is 32.9 Å². The van der Waals surface area contributed by atoms with Crippen LogP contribution in [0, 0.1) is 13.8 Å². The number of aryl methyl sites for hydroxylation is 2. The van der Waals surface area contributed by atoms with Crippen molar-refractivity contribution in [3.05, 3.63) is 112 Å². The molecular formula is C26H16N2O8. The Morgan fingerprint density at radius 3 is 1.14 bits per heavy atom. The molecule has 2 heterocycles. The van der Waals surface area contributed by atoms with Gasteiger partial charge in [0.15, 0.2) is 0 Å². The van der Waals surface area contributed by atoms with Crippen molar-refractivity contribution in [2.24, 2.45) is 0 Å². The molecule has 3 aromatic carbocycles. The van der Waals surface area contributed by atoms with Gasteiger partial charge < -0.3 is 10.2 Å². The molecule has 0 fully saturated rings. The highest BCUT2D eigenvalue weighted by Gasteiger charge is 2.24. The van der Waals surface area contributed by atoms with E-state index in [1.54, 1.807) is 26.0 Å². The van der Waals surface area contributed by atoms with Crippen molar-refractivity contribution >= 4 is 33.5 Å². The van der Waals surface area contributed by atoms with E-state index in [4.69, 9.17) is 0 Å². The molecule has 5 rings (SSSR count). The summed E-state index contributed by atoms with van der Waals surface area (Å²) in [6.07, 6.45) is 0. The van der Waals surface area contributed by atoms with Gasteiger partial charge in [0.2, 0.25) is 0 Å². The number of hydrogen-bond donors (Lipinski definition) is 2. The molecular weight excluding hydrogens is 468 g/mol. The van der Waals surface area contributed by atoms with E-state index < -0.39 is 34.2 Å². The van der Waals surface area contributed by atoms with Crippen molar-refractivity contribution in [1.82, 2.24) is 9.13 Å². The average molecular weight is 484 g/mol. The predicted molar refractivity (Wildman–Crippen MR) is 131 cm³/mol. The first-order valence-electron chi connectivity index (χ1n) is 10.6. The molecule has 178 valence electrons. The molecule has 0 saturated heterocycles. The molecule has 0 aliphatic carbocycles. The van der Waals surface area contributed by atoms with E-state index in [0.717, 1.165) is 12.1 Å². The third-order valence-electron chi connectivity index (χ3n) is 6.14. The number of aromatic carboxylic acids is 2. The number of nitrogens with zero attached hydrogens (tertiary/aromatic N) is 2. The van der Waals surface area contributed by atoms with E-state index in [1.807, 2.05) is 0 Å². The molecule has 0 unspecified atom stereocenters. The molecule has 0 atom stereocenters. The highest BCUT2D eigenvalue weighted by molar-refractivity contribution is 5.99. The van der Waals surface area contributed by atoms with Crippen molar-refractivity contribution in [1.29, 1.82) is 0 Å². The maximum atomic E-state index is 13.2. The highest BCUT2D eigenvalue weighted by Crippen LogP contribution is 2.21. The van der Waals surface area contributed by atoms with Crippen LogP contribution in [0.3, 0.4) is 0 Å². The second-order valence-corrected chi connectivity index (χ2v) is 8.49. The lowest BCUT2D eigenvalue weighted by Gasteiger charge is -2.06. The van der Waals surface area contributed by atoms with E-state index in [9.17, 15) is 39.0 Å². The van der Waals surface area contributed by atoms with E-state index in [1.165, 1.54) is 24.3 Å². The second-order valence-electron chi connectivity index (χ2n) is 8.49. The lowest BCUT2D eigenvalue weighted by atomic mass is 10.1. The summed E-state index contributed by atoms with van der Waals surface area (Å²) >= 11 is 0. The molecule has 0 aliphatic rings. The van der Waals surface area contributed by atoms with Gasteiger partial charge in [0.05, 0.1) is 44.0 Å². The van der Waals surface area contributed by atoms with Gasteiger partial charge in [-0.3, -0.25) is 19.2 Å². The Kier molecular flexibility index (Phi) is 4.85. The molecule has 2 N–H and O–H groups in total. The first-order chi connectivity index (χ1) is 17.0. The molecule has 10 nitrogen and oxygen atoms in total. The van der Waals surface area contributed by atoms with Crippen molar-refractivity contribution in [2.45, 2.75) is 13.8 Å². The molecule has 2 aromatic heterocycles. The van der Waals surface area contributed by atoms with E-state index in [-0.39, 0.29) is 44.0 Å². The summed E-state index contributed by atoms with van der Waals surface area (Å²) in [7, 11) is 0. The standard InChI is InChI=1S/C26H16N2O8/c1-11-3-5-19(17(7-11)25(33)34)27-21(29)13-9-15-16(10-14(13)22(27)30)24(32)28(23(15)31)20-6-4-12(2)8-18(20)26(35)36/h3-10H,1-2H3,(H,33,34)(H,35,36). The largest absolute Gasteiger partial charge is 0.478 e. The summed E-state index contributed by atoms with van der Waals surface area (Å²) < 4.78 is 1.41. The van der Waals surface area contributed by atoms with E-state index in [2.05, 4.69) is 0 Å². The zero-order chi connectivity index (χ0) is 26.0. The summed E-state index contributed by atoms with van der Waals surface area (Å²) in [4.78, 5) is 76.3. The highest BCUT2D eigenvalue weighted by atomic mass is 16.4. The quantitative estimate of drug-likeness (QED) is 0.392. The molecule has 5 aromatic rings. The number of carboxylic acids is 2. The number of hydrogen-bond acceptors (Lipinski definition) is 6. The minimum atomic E-state index is -1.33. The van der Waals surface area contributed by atoms with Gasteiger partial charge in [-0.1, -0.05) is 23.3 Å². The van der Waals surface area contributed by atoms with Crippen LogP contribution >= 0.6 is 0 Å². The van der Waals surface area contributed by atoms with Crippen LogP contribution in [0.4, 0.5) is 0 Å². The normalized spacial score (nSPS) is 11.4. The molecule has 0 saturated carbocycles. The summed E-state index contributed by atoms with van der Waals surface area (Å²) in [6.45, 7) is 3.33. The average Bonchev–Trinajstić information content (AvgIpc) is 3.22. The van der Waals surface area contributed by atoms with Crippen LogP contribution < -0.4 is 22.2 Å². The van der Waals surface area contributed by atoms with Gasteiger partial charge in [-0.15, -0.1) is 0 Å². The lowest BCUT2D eigenvalue weighted by molar-refractivity contribution is 0.0686. The van der Waals surface area contributed by atoms with E-state index >= 15 is 0 Å². The van der Waals surface area contributed by atoms with Gasteiger partial charge >= 0.3 is 11.9 Å². The first-order valence-corrected chi connectivity index (χ1v) is 10.6. The topological polar surface area (TPSA) is 153 Å². The van der Waals surface area contributed by atoms with Crippen LogP contribution in [0.1, 0.15) is 31.8 Å². The molecule has 10 heteroatoms. The number of carbonyl (C=O) groups is 2. The maximum Gasteiger partial charge on any atom is 0.337 e. The fraction of sp³-hybridized carbons (Fsp3) is 0.0769. The fourth-order valence-electron chi connectivity index (χ4n) is 4.44. The Morgan fingerprint density at radius 1 is 0.556 bits per heavy atom. The summed E-state index contributed by atoms with van der Waals surface area (Å²) in [5.74, 6) is -2.66. The van der Waals surface area contributed by atoms with Crippen molar-refractivity contribution < 1.29 is 19.8 Å². The Hall–Kier alpha value is -5.12. The minimum absolute atomic E-state index is 0.135. The molecule has 0 aliphatic heterocycles. The Bertz CT molecular complexity index is 1780. The van der Waals surface area contributed by atoms with Gasteiger partial charge in [-0.2, -0.15) is 0 Å². The fourth-order valence-corrected chi connectivity index (χ4v) is 4.44. The Balaban J connectivity index is 1.85. The monoisotopic (exact) mass is 484 g/mol. The van der Waals surface area contributed by atoms with Crippen LogP contribution in [0.5, 0.6) is 0 Å². The minimum Gasteiger partial charge on any atom is -0.478 e. The zero-order valence-corrected chi connectivity index (χ0v) is 18.9. The maximum absolute atomic E-state index is 13.2. The summed E-state index contributed by atoms with van der Waals surface area (Å²) in [6, 6.07) is 10.7.